The Balaban J connectivity index is 1.42. The first kappa shape index (κ1) is 53.6. The van der Waals surface area contributed by atoms with Crippen LogP contribution in [0, 0.1) is 59.8 Å². The molecule has 0 amide bonds. The van der Waals surface area contributed by atoms with Gasteiger partial charge in [0.25, 0.3) is 40.5 Å². The molecular formula is C46H44N10O12S6. The Kier molecular flexibility index (Phi) is 14.2. The summed E-state index contributed by atoms with van der Waals surface area (Å²) in [6.45, 7) is 12.9. The van der Waals surface area contributed by atoms with Crippen LogP contribution in [-0.4, -0.2) is 76.6 Å². The average Bonchev–Trinajstić information content (AvgIpc) is 4.00. The number of pyridine rings is 1. The molecule has 386 valence electrons. The monoisotopic (exact) mass is 1120 g/mol. The number of fused-ring (bicyclic) bond motifs is 2. The number of azo groups is 1. The summed E-state index contributed by atoms with van der Waals surface area (Å²) in [6.07, 6.45) is 1.74. The van der Waals surface area contributed by atoms with E-state index in [2.05, 4.69) is 26.6 Å². The fourth-order valence-electron chi connectivity index (χ4n) is 8.76. The Morgan fingerprint density at radius 2 is 1.24 bits per heavy atom. The van der Waals surface area contributed by atoms with Gasteiger partial charge in [-0.05, 0) is 143 Å². The Morgan fingerprint density at radius 1 is 0.676 bits per heavy atom. The number of benzene rings is 4. The predicted molar refractivity (Wildman–Crippen MR) is 278 cm³/mol. The molecule has 0 aliphatic heterocycles. The van der Waals surface area contributed by atoms with E-state index in [9.17, 15) is 57.1 Å². The molecule has 4 heterocycles. The molecule has 28 heteroatoms. The van der Waals surface area contributed by atoms with Gasteiger partial charge in [-0.15, -0.1) is 10.2 Å². The van der Waals surface area contributed by atoms with E-state index in [1.165, 1.54) is 79.7 Å². The van der Waals surface area contributed by atoms with Crippen LogP contribution in [0.4, 0.5) is 39.6 Å². The van der Waals surface area contributed by atoms with Crippen molar-refractivity contribution in [2.75, 3.05) is 10.2 Å². The molecule has 22 nitrogen and oxygen atoms in total. The maximum absolute atomic E-state index is 13.0. The molecule has 0 saturated heterocycles. The molecule has 8 rings (SSSR count). The van der Waals surface area contributed by atoms with E-state index < -0.39 is 50.3 Å². The van der Waals surface area contributed by atoms with E-state index in [0.29, 0.717) is 45.4 Å². The summed E-state index contributed by atoms with van der Waals surface area (Å²) >= 11 is 1.96. The molecule has 0 aliphatic rings. The molecule has 0 saturated carbocycles. The van der Waals surface area contributed by atoms with Gasteiger partial charge in [0, 0.05) is 5.69 Å². The van der Waals surface area contributed by atoms with Gasteiger partial charge in [-0.1, -0.05) is 48.2 Å². The quantitative estimate of drug-likeness (QED) is 0.0470. The number of unbranched alkanes of at least 4 members (excludes halogenated alkanes) is 1. The summed E-state index contributed by atoms with van der Waals surface area (Å²) in [5, 5.41) is 28.1. The van der Waals surface area contributed by atoms with Crippen LogP contribution in [0.3, 0.4) is 0 Å². The van der Waals surface area contributed by atoms with E-state index in [1.807, 2.05) is 6.92 Å². The van der Waals surface area contributed by atoms with Crippen molar-refractivity contribution >= 4 is 123 Å². The van der Waals surface area contributed by atoms with Gasteiger partial charge >= 0.3 is 0 Å². The summed E-state index contributed by atoms with van der Waals surface area (Å²) in [4.78, 5) is 14.4. The van der Waals surface area contributed by atoms with Crippen LogP contribution < -0.4 is 10.2 Å². The van der Waals surface area contributed by atoms with Gasteiger partial charge in [-0.2, -0.15) is 48.7 Å². The van der Waals surface area contributed by atoms with E-state index >= 15 is 0 Å². The zero-order valence-corrected chi connectivity index (χ0v) is 45.2. The smallest absolute Gasteiger partial charge is 0.295 e. The summed E-state index contributed by atoms with van der Waals surface area (Å²) < 4.78 is 143. The van der Waals surface area contributed by atoms with Gasteiger partial charge in [0.1, 0.15) is 32.9 Å². The molecular weight excluding hydrogens is 1080 g/mol. The Hall–Kier alpha value is -6.65. The van der Waals surface area contributed by atoms with Crippen molar-refractivity contribution in [1.82, 2.24) is 24.7 Å². The third kappa shape index (κ3) is 10.3. The van der Waals surface area contributed by atoms with Crippen LogP contribution in [0.15, 0.2) is 84.4 Å². The minimum atomic E-state index is -4.86. The van der Waals surface area contributed by atoms with Crippen LogP contribution >= 0.6 is 22.7 Å². The van der Waals surface area contributed by atoms with Crippen molar-refractivity contribution in [2.45, 2.75) is 94.2 Å². The highest BCUT2D eigenvalue weighted by Crippen LogP contribution is 2.47. The number of nitriles is 1. The maximum atomic E-state index is 13.0. The van der Waals surface area contributed by atoms with Crippen molar-refractivity contribution in [3.63, 3.8) is 0 Å². The molecule has 0 bridgehead atoms. The number of rotatable bonds is 15. The third-order valence-corrected chi connectivity index (χ3v) is 17.9. The number of anilines is 5. The lowest BCUT2D eigenvalue weighted by molar-refractivity contribution is 0.479. The molecule has 5 N–H and O–H groups in total. The lowest BCUT2D eigenvalue weighted by Crippen LogP contribution is -2.17. The van der Waals surface area contributed by atoms with Crippen molar-refractivity contribution in [1.29, 1.82) is 5.26 Å². The van der Waals surface area contributed by atoms with Gasteiger partial charge in [0.2, 0.25) is 5.13 Å². The van der Waals surface area contributed by atoms with Crippen LogP contribution in [0.1, 0.15) is 70.0 Å². The lowest BCUT2D eigenvalue weighted by Gasteiger charge is -2.28. The normalized spacial score (nSPS) is 12.6. The highest BCUT2D eigenvalue weighted by Gasteiger charge is 2.31. The Morgan fingerprint density at radius 3 is 1.81 bits per heavy atom. The second-order valence-corrected chi connectivity index (χ2v) is 24.8. The second kappa shape index (κ2) is 19.6. The molecule has 8 aromatic rings. The Labute approximate surface area is 433 Å². The van der Waals surface area contributed by atoms with E-state index in [0.717, 1.165) is 35.2 Å². The van der Waals surface area contributed by atoms with Crippen molar-refractivity contribution < 1.29 is 51.9 Å². The minimum Gasteiger partial charge on any atom is -0.338 e. The lowest BCUT2D eigenvalue weighted by atomic mass is 10.0. The van der Waals surface area contributed by atoms with Gasteiger partial charge in [0.05, 0.1) is 41.6 Å². The fraction of sp³-hybridized carbons (Fsp3) is 0.239. The molecule has 4 aromatic carbocycles. The summed E-state index contributed by atoms with van der Waals surface area (Å²) in [7, 11) is -18.9. The minimum absolute atomic E-state index is 0.00777. The highest BCUT2D eigenvalue weighted by molar-refractivity contribution is 7.86. The van der Waals surface area contributed by atoms with Crippen LogP contribution in [0.25, 0.3) is 25.6 Å². The Bertz CT molecular complexity index is 4220. The van der Waals surface area contributed by atoms with Gasteiger partial charge in [0.15, 0.2) is 16.8 Å². The van der Waals surface area contributed by atoms with Crippen molar-refractivity contribution in [3.8, 4) is 11.2 Å². The maximum Gasteiger partial charge on any atom is 0.295 e. The first-order valence-corrected chi connectivity index (χ1v) is 29.4. The number of aryl methyl sites for hydroxylation is 6. The molecule has 0 atom stereocenters. The topological polar surface area (TPSA) is 338 Å². The number of thiazole rings is 2. The standard InChI is InChI=1S/C46H44N10O12S6/c1-9-10-11-32-31(21-47)44(56(54-32)46-49-34-15-13-30(72(60,61)62)20-36(34)70-46)53-52-39-23(3)18-37(50-43(39)51-38-22(2)16-25(5)41(27(38)7)73(63,64)65)55(40-24(4)17-26(6)42(28(40)8)74(66,67)68)45-48-33-14-12-29(71(57,58)59)19-35(33)69-45/h12-20H,9-11H2,1-8H3,(H,50,51)(H,57,58,59)(H,60,61,62)(H,63,64,65)(H,66,67,68). The zero-order chi connectivity index (χ0) is 54.1. The van der Waals surface area contributed by atoms with Crippen LogP contribution in [0.5, 0.6) is 0 Å². The molecule has 0 unspecified atom stereocenters. The van der Waals surface area contributed by atoms with E-state index in [-0.39, 0.29) is 92.6 Å². The summed E-state index contributed by atoms with van der Waals surface area (Å²) in [5.74, 6) is -0.164. The third-order valence-electron chi connectivity index (χ3n) is 11.9. The van der Waals surface area contributed by atoms with E-state index in [1.54, 1.807) is 26.8 Å². The molecule has 74 heavy (non-hydrogen) atoms. The number of hydrogen-bond acceptors (Lipinski definition) is 19. The molecule has 0 aliphatic carbocycles. The van der Waals surface area contributed by atoms with E-state index in [4.69, 9.17) is 15.1 Å². The molecule has 0 spiro atoms. The largest absolute Gasteiger partial charge is 0.338 e. The summed E-state index contributed by atoms with van der Waals surface area (Å²) in [5.41, 5.74) is 3.30. The van der Waals surface area contributed by atoms with Crippen LogP contribution in [-0.2, 0) is 46.9 Å². The first-order chi connectivity index (χ1) is 34.5. The molecule has 0 fully saturated rings. The first-order valence-electron chi connectivity index (χ1n) is 22.0. The SMILES string of the molecule is CCCCc1nn(-c2nc3ccc(S(=O)(=O)O)cc3s2)c(N=Nc2c(C)cc(N(c3nc4ccc(S(=O)(=O)O)cc4s3)c3c(C)cc(C)c(S(=O)(=O)O)c3C)nc2Nc2c(C)cc(C)c(S(=O)(=O)O)c2C)c1C#N. The predicted octanol–water partition coefficient (Wildman–Crippen LogP) is 10.5. The van der Waals surface area contributed by atoms with Gasteiger partial charge in [-0.3, -0.25) is 23.1 Å². The average molecular weight is 1120 g/mol. The van der Waals surface area contributed by atoms with Crippen LogP contribution in [0.2, 0.25) is 0 Å². The number of aromatic nitrogens is 5. The highest BCUT2D eigenvalue weighted by atomic mass is 32.2. The summed E-state index contributed by atoms with van der Waals surface area (Å²) in [6, 6.07) is 14.4. The van der Waals surface area contributed by atoms with Crippen molar-refractivity contribution in [2.24, 2.45) is 10.2 Å². The van der Waals surface area contributed by atoms with Crippen molar-refractivity contribution in [3.05, 3.63) is 105 Å². The number of hydrogen-bond donors (Lipinski definition) is 5. The van der Waals surface area contributed by atoms with Gasteiger partial charge in [-0.25, -0.2) is 15.0 Å². The number of nitrogens with zero attached hydrogens (tertiary/aromatic N) is 9. The fourth-order valence-corrected chi connectivity index (χ4v) is 13.8. The number of nitrogens with one attached hydrogen (secondary N) is 1. The van der Waals surface area contributed by atoms with Gasteiger partial charge < -0.3 is 5.32 Å². The zero-order valence-electron chi connectivity index (χ0n) is 40.3. The molecule has 4 aromatic heterocycles. The second-order valence-electron chi connectivity index (χ2n) is 17.2. The molecule has 0 radical (unpaired) electrons.